The molecule has 12 heavy (non-hydrogen) atoms. The third kappa shape index (κ3) is 7.98. The van der Waals surface area contributed by atoms with Gasteiger partial charge in [0, 0.05) is 13.1 Å². The van der Waals surface area contributed by atoms with Crippen molar-refractivity contribution >= 4 is 0 Å². The Labute approximate surface area is 75.8 Å². The van der Waals surface area contributed by atoms with Gasteiger partial charge in [-0.05, 0) is 40.4 Å². The maximum Gasteiger partial charge on any atom is 0.0512 e. The van der Waals surface area contributed by atoms with Gasteiger partial charge in [-0.15, -0.1) is 0 Å². The van der Waals surface area contributed by atoms with Crippen molar-refractivity contribution in [1.29, 1.82) is 0 Å². The van der Waals surface area contributed by atoms with Crippen molar-refractivity contribution < 1.29 is 5.11 Å². The van der Waals surface area contributed by atoms with Crippen LogP contribution in [-0.4, -0.2) is 49.8 Å². The van der Waals surface area contributed by atoms with Crippen molar-refractivity contribution in [2.75, 3.05) is 33.7 Å². The summed E-state index contributed by atoms with van der Waals surface area (Å²) in [7, 11) is 4.07. The van der Waals surface area contributed by atoms with Crippen molar-refractivity contribution in [2.45, 2.75) is 25.9 Å². The molecule has 0 amide bonds. The number of aliphatic hydroxyl groups excluding tert-OH is 1. The highest BCUT2D eigenvalue weighted by Gasteiger charge is 1.99. The first-order chi connectivity index (χ1) is 5.66. The zero-order valence-electron chi connectivity index (χ0n) is 8.51. The minimum absolute atomic E-state index is 0.150. The first-order valence-corrected chi connectivity index (χ1v) is 4.68. The normalized spacial score (nSPS) is 13.8. The third-order valence-electron chi connectivity index (χ3n) is 1.91. The van der Waals surface area contributed by atoms with Crippen LogP contribution in [0.5, 0.6) is 0 Å². The van der Waals surface area contributed by atoms with Crippen molar-refractivity contribution in [3.05, 3.63) is 0 Å². The number of likely N-dealkylation sites (N-methyl/N-ethyl adjacent to an activating group) is 2. The molecule has 0 aromatic rings. The Hall–Kier alpha value is -0.120. The number of hydrogen-bond acceptors (Lipinski definition) is 3. The Morgan fingerprint density at radius 1 is 1.42 bits per heavy atom. The number of rotatable bonds is 7. The van der Waals surface area contributed by atoms with Gasteiger partial charge in [0.15, 0.2) is 0 Å². The number of hydrogen-bond donors (Lipinski definition) is 2. The molecule has 0 aromatic heterocycles. The van der Waals surface area contributed by atoms with E-state index < -0.39 is 0 Å². The van der Waals surface area contributed by atoms with Crippen LogP contribution in [0.1, 0.15) is 19.8 Å². The lowest BCUT2D eigenvalue weighted by Gasteiger charge is -2.16. The van der Waals surface area contributed by atoms with E-state index in [1.807, 2.05) is 14.0 Å². The smallest absolute Gasteiger partial charge is 0.0512 e. The van der Waals surface area contributed by atoms with Gasteiger partial charge in [0.1, 0.15) is 0 Å². The van der Waals surface area contributed by atoms with Crippen molar-refractivity contribution in [3.8, 4) is 0 Å². The van der Waals surface area contributed by atoms with Crippen LogP contribution >= 0.6 is 0 Å². The Kier molecular flexibility index (Phi) is 7.45. The van der Waals surface area contributed by atoms with Crippen LogP contribution in [0.3, 0.4) is 0 Å². The molecule has 3 nitrogen and oxygen atoms in total. The monoisotopic (exact) mass is 174 g/mol. The van der Waals surface area contributed by atoms with Gasteiger partial charge >= 0.3 is 0 Å². The van der Waals surface area contributed by atoms with Gasteiger partial charge in [-0.1, -0.05) is 0 Å². The van der Waals surface area contributed by atoms with E-state index in [4.69, 9.17) is 5.11 Å². The fourth-order valence-electron chi connectivity index (χ4n) is 1.07. The van der Waals surface area contributed by atoms with Gasteiger partial charge < -0.3 is 15.3 Å². The fourth-order valence-corrected chi connectivity index (χ4v) is 1.07. The molecule has 0 heterocycles. The summed E-state index contributed by atoms with van der Waals surface area (Å²) < 4.78 is 0. The van der Waals surface area contributed by atoms with Crippen molar-refractivity contribution in [3.63, 3.8) is 0 Å². The molecule has 0 saturated carbocycles. The Morgan fingerprint density at radius 2 is 2.08 bits per heavy atom. The molecule has 74 valence electrons. The molecule has 0 aliphatic carbocycles. The quantitative estimate of drug-likeness (QED) is 0.582. The summed E-state index contributed by atoms with van der Waals surface area (Å²) in [5.74, 6) is 0. The second kappa shape index (κ2) is 7.53. The molecule has 0 aliphatic heterocycles. The van der Waals surface area contributed by atoms with Gasteiger partial charge in [0.25, 0.3) is 0 Å². The Bertz CT molecular complexity index is 96.5. The second-order valence-corrected chi connectivity index (χ2v) is 3.40. The first kappa shape index (κ1) is 11.9. The standard InChI is InChI=1S/C9H22N2O/c1-9(12)5-4-7-11(3)8-6-10-2/h9-10,12H,4-8H2,1-3H3. The first-order valence-electron chi connectivity index (χ1n) is 4.68. The topological polar surface area (TPSA) is 35.5 Å². The Morgan fingerprint density at radius 3 is 2.58 bits per heavy atom. The van der Waals surface area contributed by atoms with E-state index in [1.54, 1.807) is 0 Å². The zero-order valence-corrected chi connectivity index (χ0v) is 8.51. The highest BCUT2D eigenvalue weighted by molar-refractivity contribution is 4.55. The molecular formula is C9H22N2O. The van der Waals surface area contributed by atoms with Crippen LogP contribution in [-0.2, 0) is 0 Å². The maximum atomic E-state index is 9.01. The lowest BCUT2D eigenvalue weighted by atomic mass is 10.2. The van der Waals surface area contributed by atoms with Gasteiger partial charge in [-0.2, -0.15) is 0 Å². The van der Waals surface area contributed by atoms with Crippen molar-refractivity contribution in [2.24, 2.45) is 0 Å². The summed E-state index contributed by atoms with van der Waals surface area (Å²) in [6.07, 6.45) is 1.84. The van der Waals surface area contributed by atoms with Crippen LogP contribution in [0.4, 0.5) is 0 Å². The summed E-state index contributed by atoms with van der Waals surface area (Å²) in [6.45, 7) is 5.03. The predicted octanol–water partition coefficient (Wildman–Crippen LogP) is 0.299. The highest BCUT2D eigenvalue weighted by atomic mass is 16.3. The summed E-state index contributed by atoms with van der Waals surface area (Å²) in [5, 5.41) is 12.1. The molecule has 1 unspecified atom stereocenters. The van der Waals surface area contributed by atoms with Crippen molar-refractivity contribution in [1.82, 2.24) is 10.2 Å². The number of nitrogens with one attached hydrogen (secondary N) is 1. The van der Waals surface area contributed by atoms with Crippen LogP contribution in [0, 0.1) is 0 Å². The molecular weight excluding hydrogens is 152 g/mol. The van der Waals surface area contributed by atoms with Crippen LogP contribution < -0.4 is 5.32 Å². The summed E-state index contributed by atoms with van der Waals surface area (Å²) >= 11 is 0. The van der Waals surface area contributed by atoms with E-state index in [0.717, 1.165) is 32.5 Å². The average molecular weight is 174 g/mol. The molecule has 0 spiro atoms. The van der Waals surface area contributed by atoms with E-state index in [9.17, 15) is 0 Å². The molecule has 0 aromatic carbocycles. The van der Waals surface area contributed by atoms with E-state index >= 15 is 0 Å². The zero-order chi connectivity index (χ0) is 9.40. The molecule has 0 aliphatic rings. The van der Waals surface area contributed by atoms with E-state index in [1.165, 1.54) is 0 Å². The van der Waals surface area contributed by atoms with Crippen LogP contribution in [0.2, 0.25) is 0 Å². The minimum Gasteiger partial charge on any atom is -0.393 e. The number of aliphatic hydroxyl groups is 1. The van der Waals surface area contributed by atoms with Crippen LogP contribution in [0.25, 0.3) is 0 Å². The summed E-state index contributed by atoms with van der Waals surface area (Å²) in [4.78, 5) is 2.28. The average Bonchev–Trinajstić information content (AvgIpc) is 2.00. The molecule has 0 rings (SSSR count). The predicted molar refractivity (Wildman–Crippen MR) is 52.3 cm³/mol. The molecule has 0 saturated heterocycles. The van der Waals surface area contributed by atoms with E-state index in [0.29, 0.717) is 0 Å². The van der Waals surface area contributed by atoms with Gasteiger partial charge in [-0.3, -0.25) is 0 Å². The summed E-state index contributed by atoms with van der Waals surface area (Å²) in [5.41, 5.74) is 0. The highest BCUT2D eigenvalue weighted by Crippen LogP contribution is 1.96. The fraction of sp³-hybridized carbons (Fsp3) is 1.00. The summed E-state index contributed by atoms with van der Waals surface area (Å²) in [6, 6.07) is 0. The molecule has 2 N–H and O–H groups in total. The SMILES string of the molecule is CNCCN(C)CCCC(C)O. The molecule has 0 fully saturated rings. The minimum atomic E-state index is -0.150. The molecule has 3 heteroatoms. The molecule has 0 radical (unpaired) electrons. The molecule has 1 atom stereocenters. The lowest BCUT2D eigenvalue weighted by molar-refractivity contribution is 0.174. The second-order valence-electron chi connectivity index (χ2n) is 3.40. The van der Waals surface area contributed by atoms with Crippen LogP contribution in [0.15, 0.2) is 0 Å². The van der Waals surface area contributed by atoms with E-state index in [-0.39, 0.29) is 6.10 Å². The van der Waals surface area contributed by atoms with Gasteiger partial charge in [0.05, 0.1) is 6.10 Å². The Balaban J connectivity index is 3.13. The third-order valence-corrected chi connectivity index (χ3v) is 1.91. The van der Waals surface area contributed by atoms with Gasteiger partial charge in [-0.25, -0.2) is 0 Å². The maximum absolute atomic E-state index is 9.01. The van der Waals surface area contributed by atoms with E-state index in [2.05, 4.69) is 17.3 Å². The van der Waals surface area contributed by atoms with Gasteiger partial charge in [0.2, 0.25) is 0 Å². The molecule has 0 bridgehead atoms. The number of nitrogens with zero attached hydrogens (tertiary/aromatic N) is 1. The largest absolute Gasteiger partial charge is 0.393 e. The lowest BCUT2D eigenvalue weighted by Crippen LogP contribution is -2.28.